The monoisotopic (exact) mass is 320 g/mol. The Morgan fingerprint density at radius 1 is 0.913 bits per heavy atom. The summed E-state index contributed by atoms with van der Waals surface area (Å²) >= 11 is 0. The van der Waals surface area contributed by atoms with Gasteiger partial charge in [-0.3, -0.25) is 20.2 Å². The number of methoxy groups -OCH3 is 1. The van der Waals surface area contributed by atoms with Crippen LogP contribution < -0.4 is 16.2 Å². The lowest BCUT2D eigenvalue weighted by atomic mass is 10.2. The fourth-order valence-corrected chi connectivity index (χ4v) is 1.58. The number of nitrogen functional groups attached to an aromatic ring is 2. The van der Waals surface area contributed by atoms with Gasteiger partial charge in [0.25, 0.3) is 11.4 Å². The topological polar surface area (TPSA) is 148 Å². The zero-order chi connectivity index (χ0) is 17.6. The number of nitrogens with two attached hydrogens (primary N) is 2. The summed E-state index contributed by atoms with van der Waals surface area (Å²) < 4.78 is 4.83. The van der Waals surface area contributed by atoms with E-state index in [1.807, 2.05) is 0 Å². The molecule has 9 heteroatoms. The van der Waals surface area contributed by atoms with Crippen molar-refractivity contribution in [2.45, 2.75) is 6.92 Å². The Labute approximate surface area is 131 Å². The summed E-state index contributed by atoms with van der Waals surface area (Å²) in [7, 11) is 1.46. The van der Waals surface area contributed by atoms with Gasteiger partial charge >= 0.3 is 0 Å². The molecule has 23 heavy (non-hydrogen) atoms. The molecule has 0 aromatic heterocycles. The van der Waals surface area contributed by atoms with Gasteiger partial charge in [0, 0.05) is 30.0 Å². The number of hydrogen-bond acceptors (Lipinski definition) is 7. The number of nitrogens with zero attached hydrogens (tertiary/aromatic N) is 2. The second-order valence-electron chi connectivity index (χ2n) is 4.48. The molecule has 0 aliphatic heterocycles. The summed E-state index contributed by atoms with van der Waals surface area (Å²) in [5.74, 6) is 0.445. The van der Waals surface area contributed by atoms with E-state index in [0.29, 0.717) is 11.4 Å². The molecule has 0 saturated carbocycles. The van der Waals surface area contributed by atoms with Gasteiger partial charge in [-0.1, -0.05) is 6.07 Å². The van der Waals surface area contributed by atoms with Gasteiger partial charge in [-0.2, -0.15) is 0 Å². The Morgan fingerprint density at radius 3 is 1.78 bits per heavy atom. The molecule has 0 bridgehead atoms. The maximum atomic E-state index is 10.3. The highest BCUT2D eigenvalue weighted by atomic mass is 16.6. The highest BCUT2D eigenvalue weighted by Gasteiger charge is 2.08. The quantitative estimate of drug-likeness (QED) is 0.501. The lowest BCUT2D eigenvalue weighted by Crippen LogP contribution is -1.94. The van der Waals surface area contributed by atoms with E-state index in [4.69, 9.17) is 16.2 Å². The number of non-ortho nitro benzene ring substituents is 2. The second-order valence-corrected chi connectivity index (χ2v) is 4.48. The number of benzene rings is 2. The Hall–Kier alpha value is -3.36. The highest BCUT2D eigenvalue weighted by molar-refractivity contribution is 5.58. The molecule has 0 radical (unpaired) electrons. The average Bonchev–Trinajstić information content (AvgIpc) is 2.50. The standard InChI is InChI=1S/C7H8N2O3.C7H8N2O2/c1-12-7-3-2-5(9(10)11)4-6(7)8;1-5-2-3-6(9(10)11)4-7(5)8/h2-4H,8H2,1H3;2-4H,8H2,1H3. The third-order valence-electron chi connectivity index (χ3n) is 2.90. The lowest BCUT2D eigenvalue weighted by molar-refractivity contribution is -0.385. The predicted molar refractivity (Wildman–Crippen MR) is 86.3 cm³/mol. The van der Waals surface area contributed by atoms with Crippen molar-refractivity contribution in [3.8, 4) is 5.75 Å². The minimum absolute atomic E-state index is 0.0340. The number of aryl methyl sites for hydroxylation is 1. The molecule has 0 unspecified atom stereocenters. The number of ether oxygens (including phenoxy) is 1. The third kappa shape index (κ3) is 4.84. The fourth-order valence-electron chi connectivity index (χ4n) is 1.58. The van der Waals surface area contributed by atoms with E-state index in [1.54, 1.807) is 13.0 Å². The number of hydrogen-bond donors (Lipinski definition) is 2. The van der Waals surface area contributed by atoms with Crippen LogP contribution in [0.15, 0.2) is 36.4 Å². The maximum absolute atomic E-state index is 10.3. The van der Waals surface area contributed by atoms with Gasteiger partial charge in [0.05, 0.1) is 22.6 Å². The van der Waals surface area contributed by atoms with Crippen LogP contribution in [-0.2, 0) is 0 Å². The van der Waals surface area contributed by atoms with Gasteiger partial charge in [-0.25, -0.2) is 0 Å². The van der Waals surface area contributed by atoms with Crippen LogP contribution >= 0.6 is 0 Å². The number of rotatable bonds is 3. The van der Waals surface area contributed by atoms with Gasteiger partial charge in [-0.15, -0.1) is 0 Å². The van der Waals surface area contributed by atoms with Gasteiger partial charge in [0.1, 0.15) is 5.75 Å². The van der Waals surface area contributed by atoms with Crippen molar-refractivity contribution in [3.05, 3.63) is 62.2 Å². The number of anilines is 2. The van der Waals surface area contributed by atoms with Crippen molar-refractivity contribution in [3.63, 3.8) is 0 Å². The smallest absolute Gasteiger partial charge is 0.271 e. The van der Waals surface area contributed by atoms with Gasteiger partial charge in [0.15, 0.2) is 0 Å². The largest absolute Gasteiger partial charge is 0.495 e. The van der Waals surface area contributed by atoms with E-state index < -0.39 is 9.85 Å². The van der Waals surface area contributed by atoms with Crippen molar-refractivity contribution in [2.24, 2.45) is 0 Å². The molecule has 122 valence electrons. The Balaban J connectivity index is 0.000000231. The Bertz CT molecular complexity index is 733. The zero-order valence-corrected chi connectivity index (χ0v) is 12.6. The first-order valence-corrected chi connectivity index (χ1v) is 6.34. The molecular weight excluding hydrogens is 304 g/mol. The van der Waals surface area contributed by atoms with Gasteiger partial charge in [-0.05, 0) is 18.6 Å². The summed E-state index contributed by atoms with van der Waals surface area (Å²) in [4.78, 5) is 19.5. The van der Waals surface area contributed by atoms with Gasteiger partial charge in [0.2, 0.25) is 0 Å². The number of nitro groups is 2. The molecule has 0 aliphatic rings. The van der Waals surface area contributed by atoms with E-state index >= 15 is 0 Å². The maximum Gasteiger partial charge on any atom is 0.271 e. The van der Waals surface area contributed by atoms with Crippen LogP contribution in [0.25, 0.3) is 0 Å². The van der Waals surface area contributed by atoms with Crippen molar-refractivity contribution in [1.29, 1.82) is 0 Å². The molecule has 0 spiro atoms. The molecule has 2 aromatic carbocycles. The minimum atomic E-state index is -0.504. The van der Waals surface area contributed by atoms with Crippen molar-refractivity contribution >= 4 is 22.7 Å². The molecule has 0 saturated heterocycles. The van der Waals surface area contributed by atoms with Crippen LogP contribution in [0.2, 0.25) is 0 Å². The molecule has 0 heterocycles. The summed E-state index contributed by atoms with van der Waals surface area (Å²) in [5.41, 5.74) is 12.5. The summed E-state index contributed by atoms with van der Waals surface area (Å²) in [6.45, 7) is 1.80. The van der Waals surface area contributed by atoms with Crippen LogP contribution in [0.1, 0.15) is 5.56 Å². The first-order valence-electron chi connectivity index (χ1n) is 6.34. The normalized spacial score (nSPS) is 9.48. The summed E-state index contributed by atoms with van der Waals surface area (Å²) in [5, 5.41) is 20.5. The van der Waals surface area contributed by atoms with E-state index in [-0.39, 0.29) is 17.1 Å². The predicted octanol–water partition coefficient (Wildman–Crippen LogP) is 2.67. The van der Waals surface area contributed by atoms with Crippen molar-refractivity contribution in [2.75, 3.05) is 18.6 Å². The summed E-state index contributed by atoms with van der Waals surface area (Å²) in [6, 6.07) is 8.50. The number of nitro benzene ring substituents is 2. The molecular formula is C14H16N4O5. The Morgan fingerprint density at radius 2 is 1.39 bits per heavy atom. The van der Waals surface area contributed by atoms with Crippen LogP contribution in [0.5, 0.6) is 5.75 Å². The van der Waals surface area contributed by atoms with E-state index in [0.717, 1.165) is 5.56 Å². The molecule has 0 amide bonds. The first-order chi connectivity index (χ1) is 10.8. The minimum Gasteiger partial charge on any atom is -0.495 e. The molecule has 0 atom stereocenters. The molecule has 9 nitrogen and oxygen atoms in total. The molecule has 2 aromatic rings. The zero-order valence-electron chi connectivity index (χ0n) is 12.6. The fraction of sp³-hybridized carbons (Fsp3) is 0.143. The van der Waals surface area contributed by atoms with Crippen LogP contribution in [0.4, 0.5) is 22.7 Å². The molecule has 0 fully saturated rings. The third-order valence-corrected chi connectivity index (χ3v) is 2.90. The summed E-state index contributed by atoms with van der Waals surface area (Å²) in [6.07, 6.45) is 0. The average molecular weight is 320 g/mol. The lowest BCUT2D eigenvalue weighted by Gasteiger charge is -2.02. The highest BCUT2D eigenvalue weighted by Crippen LogP contribution is 2.25. The SMILES string of the molecule is COc1ccc([N+](=O)[O-])cc1N.Cc1ccc([N+](=O)[O-])cc1N. The van der Waals surface area contributed by atoms with Crippen molar-refractivity contribution in [1.82, 2.24) is 0 Å². The van der Waals surface area contributed by atoms with Crippen molar-refractivity contribution < 1.29 is 14.6 Å². The van der Waals surface area contributed by atoms with Crippen LogP contribution in [0, 0.1) is 27.2 Å². The van der Waals surface area contributed by atoms with Crippen LogP contribution in [-0.4, -0.2) is 17.0 Å². The van der Waals surface area contributed by atoms with Crippen LogP contribution in [0.3, 0.4) is 0 Å². The van der Waals surface area contributed by atoms with E-state index in [2.05, 4.69) is 0 Å². The Kier molecular flexibility index (Phi) is 5.84. The first kappa shape index (κ1) is 17.7. The second kappa shape index (κ2) is 7.59. The molecule has 2 rings (SSSR count). The van der Waals surface area contributed by atoms with E-state index in [9.17, 15) is 20.2 Å². The van der Waals surface area contributed by atoms with E-state index in [1.165, 1.54) is 37.4 Å². The molecule has 4 N–H and O–H groups in total. The molecule has 0 aliphatic carbocycles. The van der Waals surface area contributed by atoms with Gasteiger partial charge < -0.3 is 16.2 Å².